The summed E-state index contributed by atoms with van der Waals surface area (Å²) in [6, 6.07) is 11.0. The van der Waals surface area contributed by atoms with Crippen molar-refractivity contribution in [3.63, 3.8) is 0 Å². The topological polar surface area (TPSA) is 80.0 Å². The maximum atomic E-state index is 12.6. The lowest BCUT2D eigenvalue weighted by Crippen LogP contribution is -2.09. The minimum absolute atomic E-state index is 0.0949. The molecular formula is C22H21F2NO6. The number of aryl methyl sites for hydroxylation is 2. The van der Waals surface area contributed by atoms with E-state index in [1.807, 2.05) is 0 Å². The van der Waals surface area contributed by atoms with Crippen molar-refractivity contribution in [3.05, 3.63) is 70.6 Å². The van der Waals surface area contributed by atoms with Gasteiger partial charge in [-0.15, -0.1) is 0 Å². The molecule has 164 valence electrons. The van der Waals surface area contributed by atoms with E-state index in [2.05, 4.69) is 9.89 Å². The first kappa shape index (κ1) is 22.1. The van der Waals surface area contributed by atoms with E-state index < -0.39 is 12.6 Å². The summed E-state index contributed by atoms with van der Waals surface area (Å²) in [4.78, 5) is 12.6. The Morgan fingerprint density at radius 1 is 1.06 bits per heavy atom. The maximum Gasteiger partial charge on any atom is 0.387 e. The number of esters is 1. The number of carbonyl (C=O) groups is 1. The van der Waals surface area contributed by atoms with Gasteiger partial charge in [0.15, 0.2) is 11.5 Å². The fraction of sp³-hybridized carbons (Fsp3) is 0.273. The third kappa shape index (κ3) is 5.50. The predicted octanol–water partition coefficient (Wildman–Crippen LogP) is 4.84. The molecule has 3 aromatic rings. The molecule has 0 saturated carbocycles. The zero-order valence-electron chi connectivity index (χ0n) is 17.2. The lowest BCUT2D eigenvalue weighted by molar-refractivity contribution is -0.0512. The van der Waals surface area contributed by atoms with Crippen molar-refractivity contribution in [2.24, 2.45) is 0 Å². The van der Waals surface area contributed by atoms with Crippen LogP contribution in [0.15, 0.2) is 47.0 Å². The van der Waals surface area contributed by atoms with Crippen molar-refractivity contribution in [2.75, 3.05) is 7.11 Å². The van der Waals surface area contributed by atoms with Gasteiger partial charge in [0.25, 0.3) is 0 Å². The minimum atomic E-state index is -2.97. The van der Waals surface area contributed by atoms with Crippen LogP contribution in [0.25, 0.3) is 0 Å². The Labute approximate surface area is 177 Å². The molecule has 0 bridgehead atoms. The Balaban J connectivity index is 1.67. The molecule has 2 aromatic carbocycles. The molecule has 1 aromatic heterocycles. The van der Waals surface area contributed by atoms with Crippen molar-refractivity contribution < 1.29 is 37.0 Å². The largest absolute Gasteiger partial charge is 0.493 e. The molecule has 0 atom stereocenters. The molecule has 7 nitrogen and oxygen atoms in total. The van der Waals surface area contributed by atoms with Gasteiger partial charge in [0.05, 0.1) is 18.4 Å². The summed E-state index contributed by atoms with van der Waals surface area (Å²) in [6.07, 6.45) is 0. The Kier molecular flexibility index (Phi) is 7.07. The van der Waals surface area contributed by atoms with Crippen molar-refractivity contribution in [1.82, 2.24) is 5.16 Å². The van der Waals surface area contributed by atoms with E-state index in [9.17, 15) is 13.6 Å². The zero-order chi connectivity index (χ0) is 22.4. The molecule has 0 saturated heterocycles. The maximum absolute atomic E-state index is 12.6. The number of aromatic nitrogens is 1. The summed E-state index contributed by atoms with van der Waals surface area (Å²) in [5.41, 5.74) is 2.31. The average molecular weight is 433 g/mol. The number of methoxy groups -OCH3 is 1. The second kappa shape index (κ2) is 9.92. The lowest BCUT2D eigenvalue weighted by atomic mass is 10.2. The molecule has 0 aliphatic carbocycles. The van der Waals surface area contributed by atoms with E-state index in [1.54, 1.807) is 38.1 Å². The first-order chi connectivity index (χ1) is 14.9. The van der Waals surface area contributed by atoms with Crippen LogP contribution in [0.4, 0.5) is 8.78 Å². The number of alkyl halides is 2. The summed E-state index contributed by atoms with van der Waals surface area (Å²) in [5, 5.41) is 3.88. The Hall–Kier alpha value is -3.62. The highest BCUT2D eigenvalue weighted by atomic mass is 19.3. The molecule has 0 aliphatic heterocycles. The molecule has 0 fully saturated rings. The SMILES string of the molecule is COc1cc(COC(=O)c2ccccc2OCc2c(C)noc2C)ccc1OC(F)F. The van der Waals surface area contributed by atoms with Crippen LogP contribution >= 0.6 is 0 Å². The van der Waals surface area contributed by atoms with E-state index in [0.717, 1.165) is 5.56 Å². The van der Waals surface area contributed by atoms with Crippen LogP contribution in [0, 0.1) is 13.8 Å². The summed E-state index contributed by atoms with van der Waals surface area (Å²) >= 11 is 0. The quantitative estimate of drug-likeness (QED) is 0.447. The van der Waals surface area contributed by atoms with Crippen LogP contribution in [0.1, 0.15) is 32.9 Å². The summed E-state index contributed by atoms with van der Waals surface area (Å²) in [7, 11) is 1.33. The first-order valence-electron chi connectivity index (χ1n) is 9.31. The highest BCUT2D eigenvalue weighted by Crippen LogP contribution is 2.30. The highest BCUT2D eigenvalue weighted by Gasteiger charge is 2.17. The molecule has 0 spiro atoms. The number of ether oxygens (including phenoxy) is 4. The second-order valence-corrected chi connectivity index (χ2v) is 6.53. The number of rotatable bonds is 9. The molecule has 0 radical (unpaired) electrons. The summed E-state index contributed by atoms with van der Waals surface area (Å²) in [6.45, 7) is 0.710. The highest BCUT2D eigenvalue weighted by molar-refractivity contribution is 5.92. The van der Waals surface area contributed by atoms with E-state index in [-0.39, 0.29) is 30.3 Å². The minimum Gasteiger partial charge on any atom is -0.493 e. The molecular weight excluding hydrogens is 412 g/mol. The number of hydrogen-bond acceptors (Lipinski definition) is 7. The lowest BCUT2D eigenvalue weighted by Gasteiger charge is -2.13. The standard InChI is InChI=1S/C22H21F2NO6/c1-13-17(14(2)31-25-13)12-28-18-7-5-4-6-16(18)21(26)29-11-15-8-9-19(30-22(23)24)20(10-15)27-3/h4-10,22H,11-12H2,1-3H3. The van der Waals surface area contributed by atoms with Gasteiger partial charge in [-0.3, -0.25) is 0 Å². The van der Waals surface area contributed by atoms with Gasteiger partial charge in [-0.2, -0.15) is 8.78 Å². The number of nitrogens with zero attached hydrogens (tertiary/aromatic N) is 1. The molecule has 0 unspecified atom stereocenters. The monoisotopic (exact) mass is 433 g/mol. The van der Waals surface area contributed by atoms with Crippen LogP contribution < -0.4 is 14.2 Å². The number of benzene rings is 2. The van der Waals surface area contributed by atoms with Crippen LogP contribution in [0.5, 0.6) is 17.2 Å². The number of halogens is 2. The van der Waals surface area contributed by atoms with Gasteiger partial charge in [0, 0.05) is 0 Å². The molecule has 0 amide bonds. The van der Waals surface area contributed by atoms with Gasteiger partial charge >= 0.3 is 12.6 Å². The van der Waals surface area contributed by atoms with Gasteiger partial charge in [-0.1, -0.05) is 23.4 Å². The summed E-state index contributed by atoms with van der Waals surface area (Å²) in [5.74, 6) is 0.403. The second-order valence-electron chi connectivity index (χ2n) is 6.53. The fourth-order valence-electron chi connectivity index (χ4n) is 2.84. The fourth-order valence-corrected chi connectivity index (χ4v) is 2.84. The number of hydrogen-bond donors (Lipinski definition) is 0. The molecule has 9 heteroatoms. The summed E-state index contributed by atoms with van der Waals surface area (Å²) < 4.78 is 50.6. The Bertz CT molecular complexity index is 1030. The third-order valence-electron chi connectivity index (χ3n) is 4.47. The van der Waals surface area contributed by atoms with E-state index in [1.165, 1.54) is 25.3 Å². The van der Waals surface area contributed by atoms with Crippen molar-refractivity contribution in [3.8, 4) is 17.2 Å². The van der Waals surface area contributed by atoms with Crippen LogP contribution in [-0.2, 0) is 18.0 Å². The predicted molar refractivity (Wildman–Crippen MR) is 105 cm³/mol. The third-order valence-corrected chi connectivity index (χ3v) is 4.47. The van der Waals surface area contributed by atoms with Gasteiger partial charge in [0.2, 0.25) is 0 Å². The van der Waals surface area contributed by atoms with Crippen molar-refractivity contribution >= 4 is 5.97 Å². The smallest absolute Gasteiger partial charge is 0.387 e. The zero-order valence-corrected chi connectivity index (χ0v) is 17.2. The number of para-hydroxylation sites is 1. The normalized spacial score (nSPS) is 10.8. The van der Waals surface area contributed by atoms with E-state index in [4.69, 9.17) is 18.7 Å². The molecule has 31 heavy (non-hydrogen) atoms. The van der Waals surface area contributed by atoms with Gasteiger partial charge in [0.1, 0.15) is 30.3 Å². The van der Waals surface area contributed by atoms with Crippen LogP contribution in [-0.4, -0.2) is 24.8 Å². The van der Waals surface area contributed by atoms with Crippen LogP contribution in [0.2, 0.25) is 0 Å². The van der Waals surface area contributed by atoms with Gasteiger partial charge in [-0.05, 0) is 43.7 Å². The average Bonchev–Trinajstić information content (AvgIpc) is 3.08. The van der Waals surface area contributed by atoms with Crippen molar-refractivity contribution in [1.29, 1.82) is 0 Å². The van der Waals surface area contributed by atoms with E-state index >= 15 is 0 Å². The Morgan fingerprint density at radius 2 is 1.84 bits per heavy atom. The molecule has 1 heterocycles. The van der Waals surface area contributed by atoms with Gasteiger partial charge < -0.3 is 23.5 Å². The van der Waals surface area contributed by atoms with Crippen LogP contribution in [0.3, 0.4) is 0 Å². The number of carbonyl (C=O) groups excluding carboxylic acids is 1. The molecule has 0 aliphatic rings. The van der Waals surface area contributed by atoms with Gasteiger partial charge in [-0.25, -0.2) is 4.79 Å². The Morgan fingerprint density at radius 3 is 2.52 bits per heavy atom. The van der Waals surface area contributed by atoms with Crippen molar-refractivity contribution in [2.45, 2.75) is 33.7 Å². The molecule has 0 N–H and O–H groups in total. The first-order valence-corrected chi connectivity index (χ1v) is 9.31. The van der Waals surface area contributed by atoms with E-state index in [0.29, 0.717) is 22.8 Å². The molecule has 3 rings (SSSR count).